The van der Waals surface area contributed by atoms with Gasteiger partial charge in [-0.3, -0.25) is 4.79 Å². The number of carbonyl (C=O) groups excluding carboxylic acids is 1. The Morgan fingerprint density at radius 3 is 2.05 bits per heavy atom. The molecule has 1 aromatic rings. The van der Waals surface area contributed by atoms with Crippen molar-refractivity contribution in [1.29, 1.82) is 0 Å². The molecule has 5 nitrogen and oxygen atoms in total. The highest BCUT2D eigenvalue weighted by Crippen LogP contribution is 2.26. The maximum atomic E-state index is 12.9. The Morgan fingerprint density at radius 2 is 1.59 bits per heavy atom. The van der Waals surface area contributed by atoms with Crippen molar-refractivity contribution in [2.24, 2.45) is 0 Å². The third-order valence-corrected chi connectivity index (χ3v) is 6.13. The van der Waals surface area contributed by atoms with Gasteiger partial charge in [-0.05, 0) is 38.0 Å². The molecule has 2 rings (SSSR count). The molecule has 1 saturated heterocycles. The number of hydrogen-bond donors (Lipinski definition) is 0. The average Bonchev–Trinajstić information content (AvgIpc) is 2.45. The first-order valence-corrected chi connectivity index (χ1v) is 8.70. The fraction of sp³-hybridized carbons (Fsp3) is 0.438. The van der Waals surface area contributed by atoms with E-state index in [0.717, 1.165) is 16.7 Å². The maximum Gasteiger partial charge on any atom is 0.246 e. The Kier molecular flexibility index (Phi) is 4.72. The Morgan fingerprint density at radius 1 is 1.09 bits per heavy atom. The van der Waals surface area contributed by atoms with Gasteiger partial charge in [0.05, 0.1) is 4.90 Å². The van der Waals surface area contributed by atoms with Crippen molar-refractivity contribution in [1.82, 2.24) is 9.21 Å². The van der Waals surface area contributed by atoms with Gasteiger partial charge in [0.1, 0.15) is 0 Å². The van der Waals surface area contributed by atoms with Gasteiger partial charge >= 0.3 is 0 Å². The molecular formula is C16H22N2O3S. The van der Waals surface area contributed by atoms with Gasteiger partial charge in [0.2, 0.25) is 15.9 Å². The monoisotopic (exact) mass is 322 g/mol. The third kappa shape index (κ3) is 3.08. The standard InChI is InChI=1S/C16H22N2O3S/c1-5-15(19)17-6-8-18(9-7-17)22(20,21)16-13(3)10-12(2)11-14(16)4/h5,10-11H,1,6-9H2,2-4H3. The predicted molar refractivity (Wildman–Crippen MR) is 86.2 cm³/mol. The fourth-order valence-electron chi connectivity index (χ4n) is 2.98. The molecule has 120 valence electrons. The molecule has 0 saturated carbocycles. The number of carbonyl (C=O) groups is 1. The summed E-state index contributed by atoms with van der Waals surface area (Å²) in [7, 11) is -3.53. The minimum Gasteiger partial charge on any atom is -0.337 e. The summed E-state index contributed by atoms with van der Waals surface area (Å²) in [4.78, 5) is 13.6. The van der Waals surface area contributed by atoms with Crippen LogP contribution in [0, 0.1) is 20.8 Å². The highest BCUT2D eigenvalue weighted by atomic mass is 32.2. The first-order valence-electron chi connectivity index (χ1n) is 7.26. The molecule has 6 heteroatoms. The SMILES string of the molecule is C=CC(=O)N1CCN(S(=O)(=O)c2c(C)cc(C)cc2C)CC1. The molecule has 1 amide bonds. The van der Waals surface area contributed by atoms with Crippen LogP contribution in [-0.2, 0) is 14.8 Å². The summed E-state index contributed by atoms with van der Waals surface area (Å²) in [5, 5.41) is 0. The molecule has 0 bridgehead atoms. The van der Waals surface area contributed by atoms with E-state index < -0.39 is 10.0 Å². The molecule has 0 aromatic heterocycles. The average molecular weight is 322 g/mol. The number of benzene rings is 1. The van der Waals surface area contributed by atoms with Crippen molar-refractivity contribution in [2.45, 2.75) is 25.7 Å². The molecule has 1 aromatic carbocycles. The molecule has 0 aliphatic carbocycles. The molecule has 0 spiro atoms. The number of piperazine rings is 1. The molecule has 1 aliphatic heterocycles. The highest BCUT2D eigenvalue weighted by molar-refractivity contribution is 7.89. The van der Waals surface area contributed by atoms with Crippen LogP contribution < -0.4 is 0 Å². The van der Waals surface area contributed by atoms with E-state index in [9.17, 15) is 13.2 Å². The van der Waals surface area contributed by atoms with Crippen LogP contribution in [-0.4, -0.2) is 49.7 Å². The number of nitrogens with zero attached hydrogens (tertiary/aromatic N) is 2. The second-order valence-electron chi connectivity index (χ2n) is 5.66. The zero-order valence-corrected chi connectivity index (χ0v) is 14.1. The summed E-state index contributed by atoms with van der Waals surface area (Å²) in [6.07, 6.45) is 1.26. The molecule has 22 heavy (non-hydrogen) atoms. The minimum atomic E-state index is -3.53. The Labute approximate surface area is 132 Å². The van der Waals surface area contributed by atoms with E-state index in [2.05, 4.69) is 6.58 Å². The molecule has 1 fully saturated rings. The predicted octanol–water partition coefficient (Wildman–Crippen LogP) is 1.63. The molecule has 1 aliphatic rings. The molecule has 0 N–H and O–H groups in total. The Balaban J connectivity index is 2.26. The van der Waals surface area contributed by atoms with Gasteiger partial charge in [-0.1, -0.05) is 24.3 Å². The first kappa shape index (κ1) is 16.7. The normalized spacial score (nSPS) is 16.6. The van der Waals surface area contributed by atoms with E-state index in [1.165, 1.54) is 10.4 Å². The molecule has 0 radical (unpaired) electrons. The zero-order chi connectivity index (χ0) is 16.5. The quantitative estimate of drug-likeness (QED) is 0.795. The van der Waals surface area contributed by atoms with E-state index in [1.807, 2.05) is 32.9 Å². The Bertz CT molecular complexity index is 679. The van der Waals surface area contributed by atoms with Gasteiger partial charge in [-0.2, -0.15) is 4.31 Å². The largest absolute Gasteiger partial charge is 0.337 e. The van der Waals surface area contributed by atoms with E-state index in [0.29, 0.717) is 31.1 Å². The van der Waals surface area contributed by atoms with E-state index in [1.54, 1.807) is 4.90 Å². The third-order valence-electron chi connectivity index (χ3n) is 3.93. The lowest BCUT2D eigenvalue weighted by atomic mass is 10.1. The van der Waals surface area contributed by atoms with E-state index in [-0.39, 0.29) is 5.91 Å². The van der Waals surface area contributed by atoms with Crippen LogP contribution in [0.15, 0.2) is 29.7 Å². The number of aryl methyl sites for hydroxylation is 3. The summed E-state index contributed by atoms with van der Waals surface area (Å²) >= 11 is 0. The second-order valence-corrected chi connectivity index (χ2v) is 7.54. The van der Waals surface area contributed by atoms with Gasteiger partial charge in [0.15, 0.2) is 0 Å². The first-order chi connectivity index (χ1) is 10.3. The highest BCUT2D eigenvalue weighted by Gasteiger charge is 2.31. The number of amides is 1. The van der Waals surface area contributed by atoms with E-state index in [4.69, 9.17) is 0 Å². The maximum absolute atomic E-state index is 12.9. The summed E-state index contributed by atoms with van der Waals surface area (Å²) in [5.41, 5.74) is 2.58. The van der Waals surface area contributed by atoms with Crippen molar-refractivity contribution in [3.05, 3.63) is 41.5 Å². The summed E-state index contributed by atoms with van der Waals surface area (Å²) < 4.78 is 27.2. The summed E-state index contributed by atoms with van der Waals surface area (Å²) in [6, 6.07) is 3.77. The molecule has 0 unspecified atom stereocenters. The van der Waals surface area contributed by atoms with Crippen molar-refractivity contribution >= 4 is 15.9 Å². The topological polar surface area (TPSA) is 57.7 Å². The molecule has 1 heterocycles. The van der Waals surface area contributed by atoms with Crippen LogP contribution in [0.5, 0.6) is 0 Å². The van der Waals surface area contributed by atoms with Crippen LogP contribution in [0.3, 0.4) is 0 Å². The van der Waals surface area contributed by atoms with Crippen LogP contribution in [0.1, 0.15) is 16.7 Å². The number of hydrogen-bond acceptors (Lipinski definition) is 3. The second kappa shape index (κ2) is 6.22. The van der Waals surface area contributed by atoms with Crippen molar-refractivity contribution in [2.75, 3.05) is 26.2 Å². The minimum absolute atomic E-state index is 0.153. The van der Waals surface area contributed by atoms with Gasteiger partial charge in [-0.15, -0.1) is 0 Å². The van der Waals surface area contributed by atoms with Gasteiger partial charge in [-0.25, -0.2) is 8.42 Å². The van der Waals surface area contributed by atoms with Crippen LogP contribution in [0.4, 0.5) is 0 Å². The van der Waals surface area contributed by atoms with Crippen molar-refractivity contribution in [3.8, 4) is 0 Å². The van der Waals surface area contributed by atoms with Crippen molar-refractivity contribution < 1.29 is 13.2 Å². The lowest BCUT2D eigenvalue weighted by Gasteiger charge is -2.34. The molecule has 0 atom stereocenters. The van der Waals surface area contributed by atoms with Crippen molar-refractivity contribution in [3.63, 3.8) is 0 Å². The van der Waals surface area contributed by atoms with E-state index >= 15 is 0 Å². The van der Waals surface area contributed by atoms with Gasteiger partial charge in [0.25, 0.3) is 0 Å². The zero-order valence-electron chi connectivity index (χ0n) is 13.3. The number of sulfonamides is 1. The summed E-state index contributed by atoms with van der Waals surface area (Å²) in [5.74, 6) is -0.153. The summed E-state index contributed by atoms with van der Waals surface area (Å²) in [6.45, 7) is 10.5. The lowest BCUT2D eigenvalue weighted by molar-refractivity contribution is -0.127. The van der Waals surface area contributed by atoms with Crippen LogP contribution >= 0.6 is 0 Å². The van der Waals surface area contributed by atoms with Crippen LogP contribution in [0.25, 0.3) is 0 Å². The fourth-order valence-corrected chi connectivity index (χ4v) is 4.81. The number of rotatable bonds is 3. The lowest BCUT2D eigenvalue weighted by Crippen LogP contribution is -2.50. The Hall–Kier alpha value is -1.66. The van der Waals surface area contributed by atoms with Gasteiger partial charge < -0.3 is 4.90 Å². The smallest absolute Gasteiger partial charge is 0.246 e. The van der Waals surface area contributed by atoms with Gasteiger partial charge in [0, 0.05) is 26.2 Å². The molecular weight excluding hydrogens is 300 g/mol. The van der Waals surface area contributed by atoms with Crippen LogP contribution in [0.2, 0.25) is 0 Å².